The molecular formula is C13H19FN2O2. The summed E-state index contributed by atoms with van der Waals surface area (Å²) in [5.41, 5.74) is 6.68. The van der Waals surface area contributed by atoms with Crippen LogP contribution in [0.4, 0.5) is 15.8 Å². The standard InChI is InChI=1S/C13H19FN2O2/c1-13(2)8-16(6-10(7-17)18-13)12-5-9(14)3-4-11(12)15/h3-5,10,17H,6-8,15H2,1-2H3. The molecule has 1 unspecified atom stereocenters. The van der Waals surface area contributed by atoms with Crippen LogP contribution in [-0.4, -0.2) is 36.5 Å². The van der Waals surface area contributed by atoms with E-state index in [1.807, 2.05) is 18.7 Å². The van der Waals surface area contributed by atoms with Gasteiger partial charge in [-0.05, 0) is 32.0 Å². The first kappa shape index (κ1) is 13.1. The Balaban J connectivity index is 2.29. The molecule has 4 nitrogen and oxygen atoms in total. The summed E-state index contributed by atoms with van der Waals surface area (Å²) in [4.78, 5) is 1.96. The van der Waals surface area contributed by atoms with Gasteiger partial charge >= 0.3 is 0 Å². The number of morpholine rings is 1. The molecule has 0 spiro atoms. The molecule has 0 aliphatic carbocycles. The van der Waals surface area contributed by atoms with E-state index in [4.69, 9.17) is 10.5 Å². The average molecular weight is 254 g/mol. The van der Waals surface area contributed by atoms with Crippen molar-refractivity contribution in [1.29, 1.82) is 0 Å². The molecule has 1 heterocycles. The molecular weight excluding hydrogens is 235 g/mol. The van der Waals surface area contributed by atoms with Crippen LogP contribution in [-0.2, 0) is 4.74 Å². The summed E-state index contributed by atoms with van der Waals surface area (Å²) in [5, 5.41) is 9.25. The van der Waals surface area contributed by atoms with Crippen LogP contribution in [0.25, 0.3) is 0 Å². The molecule has 1 fully saturated rings. The van der Waals surface area contributed by atoms with Crippen LogP contribution in [0.5, 0.6) is 0 Å². The third kappa shape index (κ3) is 2.73. The first-order valence-corrected chi connectivity index (χ1v) is 6.00. The lowest BCUT2D eigenvalue weighted by molar-refractivity contribution is -0.100. The number of aliphatic hydroxyl groups is 1. The number of benzene rings is 1. The van der Waals surface area contributed by atoms with Gasteiger partial charge in [0.05, 0.1) is 29.7 Å². The van der Waals surface area contributed by atoms with E-state index < -0.39 is 5.60 Å². The molecule has 1 aromatic rings. The summed E-state index contributed by atoms with van der Waals surface area (Å²) in [6.07, 6.45) is -0.281. The summed E-state index contributed by atoms with van der Waals surface area (Å²) in [7, 11) is 0. The fraction of sp³-hybridized carbons (Fsp3) is 0.538. The van der Waals surface area contributed by atoms with E-state index in [-0.39, 0.29) is 18.5 Å². The first-order valence-electron chi connectivity index (χ1n) is 6.00. The minimum atomic E-state index is -0.398. The quantitative estimate of drug-likeness (QED) is 0.783. The van der Waals surface area contributed by atoms with Crippen molar-refractivity contribution in [1.82, 2.24) is 0 Å². The van der Waals surface area contributed by atoms with Crippen LogP contribution in [0.2, 0.25) is 0 Å². The first-order chi connectivity index (χ1) is 8.41. The van der Waals surface area contributed by atoms with Gasteiger partial charge in [0.15, 0.2) is 0 Å². The van der Waals surface area contributed by atoms with Gasteiger partial charge in [-0.1, -0.05) is 0 Å². The van der Waals surface area contributed by atoms with Crippen LogP contribution < -0.4 is 10.6 Å². The summed E-state index contributed by atoms with van der Waals surface area (Å²) >= 11 is 0. The van der Waals surface area contributed by atoms with Crippen LogP contribution in [0.1, 0.15) is 13.8 Å². The molecule has 0 saturated carbocycles. The van der Waals surface area contributed by atoms with E-state index in [9.17, 15) is 9.50 Å². The van der Waals surface area contributed by atoms with E-state index in [2.05, 4.69) is 0 Å². The molecule has 5 heteroatoms. The Labute approximate surface area is 106 Å². The molecule has 0 radical (unpaired) electrons. The van der Waals surface area contributed by atoms with E-state index in [0.29, 0.717) is 24.5 Å². The summed E-state index contributed by atoms with van der Waals surface area (Å²) in [6.45, 7) is 4.94. The molecule has 1 saturated heterocycles. The van der Waals surface area contributed by atoms with Gasteiger partial charge < -0.3 is 20.5 Å². The normalized spacial score (nSPS) is 23.1. The predicted molar refractivity (Wildman–Crippen MR) is 69.1 cm³/mol. The highest BCUT2D eigenvalue weighted by Crippen LogP contribution is 2.30. The molecule has 18 heavy (non-hydrogen) atoms. The van der Waals surface area contributed by atoms with Crippen molar-refractivity contribution < 1.29 is 14.2 Å². The zero-order valence-electron chi connectivity index (χ0n) is 10.7. The van der Waals surface area contributed by atoms with E-state index in [0.717, 1.165) is 0 Å². The molecule has 0 amide bonds. The lowest BCUT2D eigenvalue weighted by Gasteiger charge is -2.43. The van der Waals surface area contributed by atoms with Gasteiger partial charge in [0.1, 0.15) is 5.82 Å². The maximum absolute atomic E-state index is 13.3. The van der Waals surface area contributed by atoms with Gasteiger partial charge in [-0.15, -0.1) is 0 Å². The number of nitrogen functional groups attached to an aromatic ring is 1. The van der Waals surface area contributed by atoms with Gasteiger partial charge in [-0.2, -0.15) is 0 Å². The van der Waals surface area contributed by atoms with Gasteiger partial charge in [-0.25, -0.2) is 4.39 Å². The highest BCUT2D eigenvalue weighted by atomic mass is 19.1. The van der Waals surface area contributed by atoms with Crippen LogP contribution in [0, 0.1) is 5.82 Å². The maximum atomic E-state index is 13.3. The van der Waals surface area contributed by atoms with Crippen LogP contribution >= 0.6 is 0 Å². The number of aliphatic hydroxyl groups excluding tert-OH is 1. The third-order valence-corrected chi connectivity index (χ3v) is 3.02. The number of hydrogen-bond donors (Lipinski definition) is 2. The topological polar surface area (TPSA) is 58.7 Å². The Kier molecular flexibility index (Phi) is 3.45. The van der Waals surface area contributed by atoms with Gasteiger partial charge in [-0.3, -0.25) is 0 Å². The Bertz CT molecular complexity index is 437. The van der Waals surface area contributed by atoms with Crippen molar-refractivity contribution in [2.45, 2.75) is 25.6 Å². The number of anilines is 2. The second-order valence-corrected chi connectivity index (χ2v) is 5.27. The van der Waals surface area contributed by atoms with Crippen molar-refractivity contribution in [3.8, 4) is 0 Å². The van der Waals surface area contributed by atoms with Crippen LogP contribution in [0.3, 0.4) is 0 Å². The third-order valence-electron chi connectivity index (χ3n) is 3.02. The van der Waals surface area contributed by atoms with Crippen molar-refractivity contribution in [3.63, 3.8) is 0 Å². The molecule has 1 aliphatic heterocycles. The second-order valence-electron chi connectivity index (χ2n) is 5.27. The van der Waals surface area contributed by atoms with E-state index in [1.165, 1.54) is 12.1 Å². The minimum absolute atomic E-state index is 0.0604. The molecule has 2 rings (SSSR count). The summed E-state index contributed by atoms with van der Waals surface area (Å²) in [5.74, 6) is -0.316. The van der Waals surface area contributed by atoms with Gasteiger partial charge in [0, 0.05) is 13.1 Å². The molecule has 0 aromatic heterocycles. The molecule has 1 aromatic carbocycles. The zero-order chi connectivity index (χ0) is 13.3. The van der Waals surface area contributed by atoms with Crippen molar-refractivity contribution in [2.75, 3.05) is 30.3 Å². The Morgan fingerprint density at radius 2 is 2.28 bits per heavy atom. The van der Waals surface area contributed by atoms with Gasteiger partial charge in [0.25, 0.3) is 0 Å². The number of ether oxygens (including phenoxy) is 1. The lowest BCUT2D eigenvalue weighted by Crippen LogP contribution is -2.54. The average Bonchev–Trinajstić information content (AvgIpc) is 2.30. The highest BCUT2D eigenvalue weighted by molar-refractivity contribution is 5.67. The van der Waals surface area contributed by atoms with E-state index >= 15 is 0 Å². The van der Waals surface area contributed by atoms with Crippen LogP contribution in [0.15, 0.2) is 18.2 Å². The van der Waals surface area contributed by atoms with Gasteiger partial charge in [0.2, 0.25) is 0 Å². The van der Waals surface area contributed by atoms with E-state index in [1.54, 1.807) is 6.07 Å². The Morgan fingerprint density at radius 3 is 2.94 bits per heavy atom. The molecule has 3 N–H and O–H groups in total. The van der Waals surface area contributed by atoms with Crippen molar-refractivity contribution in [3.05, 3.63) is 24.0 Å². The molecule has 1 aliphatic rings. The molecule has 100 valence electrons. The summed E-state index contributed by atoms with van der Waals surface area (Å²) < 4.78 is 19.0. The summed E-state index contributed by atoms with van der Waals surface area (Å²) in [6, 6.07) is 4.32. The number of nitrogens with two attached hydrogens (primary N) is 1. The zero-order valence-corrected chi connectivity index (χ0v) is 10.7. The molecule has 1 atom stereocenters. The number of nitrogens with zero attached hydrogens (tertiary/aromatic N) is 1. The number of rotatable bonds is 2. The molecule has 0 bridgehead atoms. The number of hydrogen-bond acceptors (Lipinski definition) is 4. The monoisotopic (exact) mass is 254 g/mol. The Hall–Kier alpha value is -1.33. The predicted octanol–water partition coefficient (Wildman–Crippen LogP) is 1.38. The van der Waals surface area contributed by atoms with Crippen molar-refractivity contribution >= 4 is 11.4 Å². The lowest BCUT2D eigenvalue weighted by atomic mass is 10.0. The van der Waals surface area contributed by atoms with Crippen molar-refractivity contribution in [2.24, 2.45) is 0 Å². The minimum Gasteiger partial charge on any atom is -0.397 e. The fourth-order valence-electron chi connectivity index (χ4n) is 2.36. The Morgan fingerprint density at radius 1 is 1.56 bits per heavy atom. The largest absolute Gasteiger partial charge is 0.397 e. The second kappa shape index (κ2) is 4.74. The fourth-order valence-corrected chi connectivity index (χ4v) is 2.36. The smallest absolute Gasteiger partial charge is 0.125 e. The highest BCUT2D eigenvalue weighted by Gasteiger charge is 2.33. The number of halogens is 1. The SMILES string of the molecule is CC1(C)CN(c2cc(F)ccc2N)CC(CO)O1. The maximum Gasteiger partial charge on any atom is 0.125 e.